The van der Waals surface area contributed by atoms with E-state index in [1.807, 2.05) is 0 Å². The van der Waals surface area contributed by atoms with Crippen molar-refractivity contribution in [1.29, 1.82) is 0 Å². The van der Waals surface area contributed by atoms with Crippen LogP contribution in [0.3, 0.4) is 0 Å². The number of halogens is 4. The summed E-state index contributed by atoms with van der Waals surface area (Å²) >= 11 is 6.15. The maximum atomic E-state index is 13.6. The third-order valence-corrected chi connectivity index (χ3v) is 3.74. The van der Waals surface area contributed by atoms with Crippen LogP contribution in [0.1, 0.15) is 19.4 Å². The van der Waals surface area contributed by atoms with Crippen LogP contribution < -0.4 is 10.1 Å². The number of nitrogens with one attached hydrogen (secondary N) is 1. The zero-order valence-corrected chi connectivity index (χ0v) is 14.8. The molecule has 0 aliphatic carbocycles. The zero-order valence-electron chi connectivity index (χ0n) is 14.0. The van der Waals surface area contributed by atoms with Gasteiger partial charge in [0.15, 0.2) is 0 Å². The van der Waals surface area contributed by atoms with E-state index < -0.39 is 11.7 Å². The topological polar surface area (TPSA) is 50.7 Å². The number of hydrogen-bond acceptors (Lipinski definition) is 3. The predicted octanol–water partition coefficient (Wildman–Crippen LogP) is 5.72. The molecule has 2 rings (SSSR count). The zero-order chi connectivity index (χ0) is 19.3. The number of benzene rings is 2. The lowest BCUT2D eigenvalue weighted by Gasteiger charge is -2.17. The maximum Gasteiger partial charge on any atom is 0.417 e. The van der Waals surface area contributed by atoms with Crippen LogP contribution in [-0.4, -0.2) is 19.2 Å². The van der Waals surface area contributed by atoms with E-state index >= 15 is 0 Å². The van der Waals surface area contributed by atoms with Crippen molar-refractivity contribution in [3.63, 3.8) is 0 Å². The number of nitrogens with zero attached hydrogens (tertiary/aromatic N) is 1. The van der Waals surface area contributed by atoms with E-state index in [0.29, 0.717) is 18.8 Å². The van der Waals surface area contributed by atoms with E-state index in [9.17, 15) is 18.0 Å². The predicted molar refractivity (Wildman–Crippen MR) is 96.6 cm³/mol. The molecule has 8 heteroatoms. The second-order valence-electron chi connectivity index (χ2n) is 5.14. The van der Waals surface area contributed by atoms with Crippen LogP contribution in [0.2, 0.25) is 5.02 Å². The Morgan fingerprint density at radius 3 is 2.58 bits per heavy atom. The molecule has 2 aromatic rings. The molecule has 0 aromatic heterocycles. The number of ether oxygens (including phenoxy) is 1. The summed E-state index contributed by atoms with van der Waals surface area (Å²) in [7, 11) is 0. The molecule has 138 valence electrons. The van der Waals surface area contributed by atoms with E-state index in [1.54, 1.807) is 13.8 Å². The molecule has 0 aliphatic rings. The highest BCUT2D eigenvalue weighted by Gasteiger charge is 2.35. The molecule has 0 saturated heterocycles. The van der Waals surface area contributed by atoms with Gasteiger partial charge in [0, 0.05) is 11.8 Å². The summed E-state index contributed by atoms with van der Waals surface area (Å²) < 4.78 is 46.1. The minimum absolute atomic E-state index is 0.0957. The van der Waals surface area contributed by atoms with Gasteiger partial charge in [-0.2, -0.15) is 13.2 Å². The van der Waals surface area contributed by atoms with Gasteiger partial charge in [-0.1, -0.05) is 17.7 Å². The first kappa shape index (κ1) is 19.8. The van der Waals surface area contributed by atoms with Crippen molar-refractivity contribution in [2.45, 2.75) is 20.0 Å². The van der Waals surface area contributed by atoms with Gasteiger partial charge in [-0.05, 0) is 43.7 Å². The minimum atomic E-state index is -4.63. The van der Waals surface area contributed by atoms with Crippen LogP contribution in [0.25, 0.3) is 11.1 Å². The number of carbonyl (C=O) groups is 1. The fourth-order valence-electron chi connectivity index (χ4n) is 2.48. The van der Waals surface area contributed by atoms with Crippen molar-refractivity contribution >= 4 is 35.6 Å². The van der Waals surface area contributed by atoms with E-state index in [0.717, 1.165) is 6.07 Å². The molecule has 1 amide bonds. The van der Waals surface area contributed by atoms with E-state index in [1.165, 1.54) is 30.5 Å². The minimum Gasteiger partial charge on any atom is -0.492 e. The monoisotopic (exact) mass is 384 g/mol. The summed E-state index contributed by atoms with van der Waals surface area (Å²) in [6.45, 7) is 3.69. The van der Waals surface area contributed by atoms with Gasteiger partial charge in [0.2, 0.25) is 6.41 Å². The van der Waals surface area contributed by atoms with Gasteiger partial charge in [0.05, 0.1) is 28.6 Å². The molecule has 26 heavy (non-hydrogen) atoms. The first-order chi connectivity index (χ1) is 12.3. The highest BCUT2D eigenvalue weighted by molar-refractivity contribution is 6.34. The molecular formula is C18H16ClF3N2O2. The van der Waals surface area contributed by atoms with Crippen LogP contribution in [0.4, 0.5) is 24.5 Å². The number of hydrogen-bond donors (Lipinski definition) is 1. The molecule has 0 saturated carbocycles. The highest BCUT2D eigenvalue weighted by Crippen LogP contribution is 2.44. The Hall–Kier alpha value is -2.54. The molecule has 4 nitrogen and oxygen atoms in total. The second-order valence-corrected chi connectivity index (χ2v) is 5.55. The number of amides is 1. The second kappa shape index (κ2) is 8.23. The lowest BCUT2D eigenvalue weighted by molar-refractivity contribution is -0.137. The standard InChI is InChI=1S/C18H16ClF3N2O2/c1-3-23-12-8-13(18(20,21)22)17(14(19)9-12)11-5-6-16(26-4-2)15(7-11)24-10-25/h3,5-10H,4H2,1-2H3,(H,24,25)/b23-3+. The van der Waals surface area contributed by atoms with Crippen LogP contribution in [0.15, 0.2) is 35.3 Å². The number of alkyl halides is 3. The third kappa shape index (κ3) is 4.35. The first-order valence-electron chi connectivity index (χ1n) is 7.68. The van der Waals surface area contributed by atoms with Gasteiger partial charge < -0.3 is 10.1 Å². The lowest BCUT2D eigenvalue weighted by atomic mass is 9.97. The summed E-state index contributed by atoms with van der Waals surface area (Å²) in [5, 5.41) is 2.33. The number of rotatable bonds is 6. The fourth-order valence-corrected chi connectivity index (χ4v) is 2.80. The molecule has 2 aromatic carbocycles. The maximum absolute atomic E-state index is 13.6. The van der Waals surface area contributed by atoms with Gasteiger partial charge in [0.1, 0.15) is 5.75 Å². The Kier molecular flexibility index (Phi) is 6.26. The Balaban J connectivity index is 2.70. The van der Waals surface area contributed by atoms with Crippen LogP contribution in [-0.2, 0) is 11.0 Å². The van der Waals surface area contributed by atoms with Gasteiger partial charge in [-0.25, -0.2) is 0 Å². The number of carbonyl (C=O) groups excluding carboxylic acids is 1. The lowest BCUT2D eigenvalue weighted by Crippen LogP contribution is -2.08. The first-order valence-corrected chi connectivity index (χ1v) is 8.06. The summed E-state index contributed by atoms with van der Waals surface area (Å²) in [6, 6.07) is 6.62. The molecular weight excluding hydrogens is 369 g/mol. The van der Waals surface area contributed by atoms with Gasteiger partial charge in [-0.3, -0.25) is 9.79 Å². The van der Waals surface area contributed by atoms with Crippen LogP contribution in [0, 0.1) is 0 Å². The van der Waals surface area contributed by atoms with Crippen molar-refractivity contribution in [2.24, 2.45) is 4.99 Å². The van der Waals surface area contributed by atoms with Crippen molar-refractivity contribution in [1.82, 2.24) is 0 Å². The summed E-state index contributed by atoms with van der Waals surface area (Å²) in [4.78, 5) is 14.7. The van der Waals surface area contributed by atoms with E-state index in [-0.39, 0.29) is 27.5 Å². The molecule has 0 atom stereocenters. The Bertz CT molecular complexity index is 836. The van der Waals surface area contributed by atoms with E-state index in [4.69, 9.17) is 16.3 Å². The molecule has 0 radical (unpaired) electrons. The third-order valence-electron chi connectivity index (χ3n) is 3.44. The van der Waals surface area contributed by atoms with Crippen molar-refractivity contribution in [3.05, 3.63) is 40.9 Å². The molecule has 0 aliphatic heterocycles. The Morgan fingerprint density at radius 1 is 1.27 bits per heavy atom. The summed E-state index contributed by atoms with van der Waals surface area (Å²) in [5.41, 5.74) is -0.551. The molecule has 0 fully saturated rings. The van der Waals surface area contributed by atoms with Gasteiger partial charge in [0.25, 0.3) is 0 Å². The largest absolute Gasteiger partial charge is 0.492 e. The van der Waals surface area contributed by atoms with Crippen LogP contribution >= 0.6 is 11.6 Å². The number of aliphatic imine (C=N–C) groups is 1. The smallest absolute Gasteiger partial charge is 0.417 e. The highest BCUT2D eigenvalue weighted by atomic mass is 35.5. The normalized spacial score (nSPS) is 11.6. The molecule has 0 spiro atoms. The van der Waals surface area contributed by atoms with Crippen molar-refractivity contribution in [3.8, 4) is 16.9 Å². The molecule has 0 heterocycles. The van der Waals surface area contributed by atoms with Gasteiger partial charge >= 0.3 is 6.18 Å². The average molecular weight is 385 g/mol. The Labute approximate surface area is 153 Å². The summed E-state index contributed by atoms with van der Waals surface area (Å²) in [5.74, 6) is 0.347. The quantitative estimate of drug-likeness (QED) is 0.512. The number of anilines is 1. The van der Waals surface area contributed by atoms with Crippen LogP contribution in [0.5, 0.6) is 5.75 Å². The molecule has 1 N–H and O–H groups in total. The van der Waals surface area contributed by atoms with Crippen molar-refractivity contribution < 1.29 is 22.7 Å². The fraction of sp³-hybridized carbons (Fsp3) is 0.222. The summed E-state index contributed by atoms with van der Waals surface area (Å²) in [6.07, 6.45) is -2.82. The van der Waals surface area contributed by atoms with E-state index in [2.05, 4.69) is 10.3 Å². The van der Waals surface area contributed by atoms with Gasteiger partial charge in [-0.15, -0.1) is 0 Å². The molecule has 0 bridgehead atoms. The molecule has 0 unspecified atom stereocenters. The Morgan fingerprint density at radius 2 is 2.00 bits per heavy atom. The average Bonchev–Trinajstić information content (AvgIpc) is 2.56. The van der Waals surface area contributed by atoms with Crippen molar-refractivity contribution in [2.75, 3.05) is 11.9 Å². The SMILES string of the molecule is C/C=N/c1cc(Cl)c(-c2ccc(OCC)c(NC=O)c2)c(C(F)(F)F)c1.